The molecule has 0 unspecified atom stereocenters. The smallest absolute Gasteiger partial charge is 0.398 e. The summed E-state index contributed by atoms with van der Waals surface area (Å²) in [6.07, 6.45) is -2.03. The minimum atomic E-state index is -1.87. The highest BCUT2D eigenvalue weighted by Gasteiger charge is 2.23. The van der Waals surface area contributed by atoms with Crippen LogP contribution < -0.4 is 5.32 Å². The molecule has 0 saturated heterocycles. The highest BCUT2D eigenvalue weighted by atomic mass is 19.1. The Hall–Kier alpha value is -2.31. The number of halogens is 1. The number of rotatable bonds is 4. The van der Waals surface area contributed by atoms with E-state index in [1.54, 1.807) is 5.32 Å². The Morgan fingerprint density at radius 1 is 1.44 bits per heavy atom. The van der Waals surface area contributed by atoms with Gasteiger partial charge in [-0.25, -0.2) is 9.59 Å². The number of nitrogens with one attached hydrogen (secondary N) is 1. The van der Waals surface area contributed by atoms with Gasteiger partial charge >= 0.3 is 12.1 Å². The molecule has 1 aromatic rings. The van der Waals surface area contributed by atoms with E-state index in [0.29, 0.717) is 0 Å². The van der Waals surface area contributed by atoms with Gasteiger partial charge in [-0.05, 0) is 11.6 Å². The van der Waals surface area contributed by atoms with Crippen LogP contribution in [-0.2, 0) is 16.0 Å². The standard InChI is InChI=1S/C11H12FNO5/c1-18-10(16)8(13-11(12)17)4-6-2-3-7(14)5-9(6)15/h2-3,5,8,14-15H,4H2,1H3,(H,13,17)/t8-/m0/s1. The van der Waals surface area contributed by atoms with Gasteiger partial charge in [-0.3, -0.25) is 0 Å². The van der Waals surface area contributed by atoms with Crippen LogP contribution in [0.4, 0.5) is 9.18 Å². The van der Waals surface area contributed by atoms with Crippen molar-refractivity contribution in [2.45, 2.75) is 12.5 Å². The maximum atomic E-state index is 12.3. The van der Waals surface area contributed by atoms with Crippen molar-refractivity contribution < 1.29 is 28.9 Å². The third kappa shape index (κ3) is 3.62. The molecule has 0 aliphatic rings. The van der Waals surface area contributed by atoms with Crippen LogP contribution in [0.25, 0.3) is 0 Å². The van der Waals surface area contributed by atoms with Gasteiger partial charge in [0.1, 0.15) is 17.5 Å². The molecule has 0 bridgehead atoms. The van der Waals surface area contributed by atoms with E-state index >= 15 is 0 Å². The van der Waals surface area contributed by atoms with Crippen molar-refractivity contribution in [2.75, 3.05) is 7.11 Å². The summed E-state index contributed by atoms with van der Waals surface area (Å²) in [7, 11) is 1.09. The monoisotopic (exact) mass is 257 g/mol. The van der Waals surface area contributed by atoms with E-state index in [2.05, 4.69) is 4.74 Å². The van der Waals surface area contributed by atoms with Gasteiger partial charge < -0.3 is 20.3 Å². The molecule has 0 aromatic heterocycles. The van der Waals surface area contributed by atoms with Gasteiger partial charge in [0.25, 0.3) is 0 Å². The van der Waals surface area contributed by atoms with E-state index in [1.807, 2.05) is 0 Å². The summed E-state index contributed by atoms with van der Waals surface area (Å²) < 4.78 is 16.7. The number of phenols is 2. The SMILES string of the molecule is COC(=O)[C@H](Cc1ccc(O)cc1O)NC(=O)F. The van der Waals surface area contributed by atoms with E-state index in [-0.39, 0.29) is 23.5 Å². The second-order valence-corrected chi connectivity index (χ2v) is 3.51. The van der Waals surface area contributed by atoms with Crippen molar-refractivity contribution in [3.05, 3.63) is 23.8 Å². The first-order chi connectivity index (χ1) is 8.43. The van der Waals surface area contributed by atoms with Crippen LogP contribution in [0.2, 0.25) is 0 Å². The Kier molecular flexibility index (Phi) is 4.47. The Balaban J connectivity index is 2.88. The number of hydrogen-bond donors (Lipinski definition) is 3. The maximum Gasteiger partial charge on any atom is 0.398 e. The summed E-state index contributed by atoms with van der Waals surface area (Å²) in [4.78, 5) is 21.6. The first-order valence-electron chi connectivity index (χ1n) is 4.98. The molecule has 0 heterocycles. The van der Waals surface area contributed by atoms with Crippen LogP contribution in [0, 0.1) is 0 Å². The van der Waals surface area contributed by atoms with Crippen LogP contribution in [-0.4, -0.2) is 35.5 Å². The fourth-order valence-corrected chi connectivity index (χ4v) is 1.42. The van der Waals surface area contributed by atoms with Crippen molar-refractivity contribution >= 4 is 12.1 Å². The van der Waals surface area contributed by atoms with Gasteiger partial charge in [-0.1, -0.05) is 6.07 Å². The fourth-order valence-electron chi connectivity index (χ4n) is 1.42. The van der Waals surface area contributed by atoms with Crippen molar-refractivity contribution in [3.8, 4) is 11.5 Å². The zero-order valence-corrected chi connectivity index (χ0v) is 9.51. The average Bonchev–Trinajstić information content (AvgIpc) is 2.30. The molecule has 1 rings (SSSR count). The largest absolute Gasteiger partial charge is 0.508 e. The molecule has 0 saturated carbocycles. The van der Waals surface area contributed by atoms with Gasteiger partial charge in [0.15, 0.2) is 0 Å². The number of carbonyl (C=O) groups is 2. The Bertz CT molecular complexity index is 463. The van der Waals surface area contributed by atoms with E-state index < -0.39 is 18.2 Å². The van der Waals surface area contributed by atoms with Crippen LogP contribution >= 0.6 is 0 Å². The molecule has 1 aromatic carbocycles. The summed E-state index contributed by atoms with van der Waals surface area (Å²) in [5.74, 6) is -1.26. The van der Waals surface area contributed by atoms with Gasteiger partial charge in [0.2, 0.25) is 0 Å². The molecule has 3 N–H and O–H groups in total. The number of methoxy groups -OCH3 is 1. The average molecular weight is 257 g/mol. The molecule has 1 atom stereocenters. The van der Waals surface area contributed by atoms with Crippen molar-refractivity contribution in [3.63, 3.8) is 0 Å². The maximum absolute atomic E-state index is 12.3. The van der Waals surface area contributed by atoms with E-state index in [9.17, 15) is 19.1 Å². The topological polar surface area (TPSA) is 95.9 Å². The summed E-state index contributed by atoms with van der Waals surface area (Å²) >= 11 is 0. The van der Waals surface area contributed by atoms with E-state index in [0.717, 1.165) is 13.2 Å². The number of esters is 1. The zero-order valence-electron chi connectivity index (χ0n) is 9.51. The lowest BCUT2D eigenvalue weighted by Gasteiger charge is -2.14. The Morgan fingerprint density at radius 3 is 2.61 bits per heavy atom. The van der Waals surface area contributed by atoms with Crippen molar-refractivity contribution in [1.29, 1.82) is 0 Å². The lowest BCUT2D eigenvalue weighted by molar-refractivity contribution is -0.142. The molecule has 98 valence electrons. The van der Waals surface area contributed by atoms with Crippen LogP contribution in [0.15, 0.2) is 18.2 Å². The predicted molar refractivity (Wildman–Crippen MR) is 58.9 cm³/mol. The number of aromatic hydroxyl groups is 2. The molecule has 18 heavy (non-hydrogen) atoms. The first-order valence-corrected chi connectivity index (χ1v) is 4.98. The minimum Gasteiger partial charge on any atom is -0.508 e. The molecule has 0 fully saturated rings. The first kappa shape index (κ1) is 13.8. The highest BCUT2D eigenvalue weighted by Crippen LogP contribution is 2.23. The molecule has 0 aliphatic heterocycles. The fraction of sp³-hybridized carbons (Fsp3) is 0.273. The van der Waals surface area contributed by atoms with Crippen molar-refractivity contribution in [1.82, 2.24) is 5.32 Å². The van der Waals surface area contributed by atoms with Gasteiger partial charge in [-0.2, -0.15) is 0 Å². The Labute approximate surface area is 102 Å². The summed E-state index contributed by atoms with van der Waals surface area (Å²) in [5, 5.41) is 20.4. The van der Waals surface area contributed by atoms with Crippen molar-refractivity contribution in [2.24, 2.45) is 0 Å². The third-order valence-corrected chi connectivity index (χ3v) is 2.27. The number of benzene rings is 1. The second-order valence-electron chi connectivity index (χ2n) is 3.51. The molecule has 0 radical (unpaired) electrons. The molecule has 0 aliphatic carbocycles. The molecule has 7 heteroatoms. The predicted octanol–water partition coefficient (Wildman–Crippen LogP) is 0.861. The summed E-state index contributed by atoms with van der Waals surface area (Å²) in [6, 6.07) is 2.47. The Morgan fingerprint density at radius 2 is 2.11 bits per heavy atom. The second kappa shape index (κ2) is 5.85. The molecular weight excluding hydrogens is 245 g/mol. The zero-order chi connectivity index (χ0) is 13.7. The van der Waals surface area contributed by atoms with Crippen LogP contribution in [0.3, 0.4) is 0 Å². The van der Waals surface area contributed by atoms with Crippen LogP contribution in [0.5, 0.6) is 11.5 Å². The minimum absolute atomic E-state index is 0.152. The molecular formula is C11H12FNO5. The number of carbonyl (C=O) groups excluding carboxylic acids is 2. The normalized spacial score (nSPS) is 11.7. The third-order valence-electron chi connectivity index (χ3n) is 2.27. The molecule has 1 amide bonds. The van der Waals surface area contributed by atoms with E-state index in [1.165, 1.54) is 12.1 Å². The summed E-state index contributed by atoms with van der Waals surface area (Å²) in [6.45, 7) is 0. The lowest BCUT2D eigenvalue weighted by Crippen LogP contribution is -2.41. The summed E-state index contributed by atoms with van der Waals surface area (Å²) in [5.41, 5.74) is 0.261. The van der Waals surface area contributed by atoms with Gasteiger partial charge in [0, 0.05) is 12.5 Å². The van der Waals surface area contributed by atoms with E-state index in [4.69, 9.17) is 5.11 Å². The number of ether oxygens (including phenoxy) is 1. The van der Waals surface area contributed by atoms with Gasteiger partial charge in [0.05, 0.1) is 7.11 Å². The number of hydrogen-bond acceptors (Lipinski definition) is 5. The van der Waals surface area contributed by atoms with Crippen LogP contribution in [0.1, 0.15) is 5.56 Å². The number of amides is 1. The lowest BCUT2D eigenvalue weighted by atomic mass is 10.0. The molecule has 0 spiro atoms. The molecule has 6 nitrogen and oxygen atoms in total. The number of phenolic OH excluding ortho intramolecular Hbond substituents is 2. The highest BCUT2D eigenvalue weighted by molar-refractivity contribution is 5.81. The van der Waals surface area contributed by atoms with Gasteiger partial charge in [-0.15, -0.1) is 4.39 Å². The quantitative estimate of drug-likeness (QED) is 0.422.